The fourth-order valence-corrected chi connectivity index (χ4v) is 1.91. The molecular formula is C16H27N3O2. The average Bonchev–Trinajstić information content (AvgIpc) is 2.37. The Morgan fingerprint density at radius 3 is 2.57 bits per heavy atom. The highest BCUT2D eigenvalue weighted by molar-refractivity contribution is 5.67. The molecule has 0 aliphatic heterocycles. The van der Waals surface area contributed by atoms with Gasteiger partial charge in [0, 0.05) is 38.8 Å². The summed E-state index contributed by atoms with van der Waals surface area (Å²) in [7, 11) is 3.99. The van der Waals surface area contributed by atoms with E-state index in [-0.39, 0.29) is 5.92 Å². The van der Waals surface area contributed by atoms with Crippen LogP contribution in [0.2, 0.25) is 0 Å². The monoisotopic (exact) mass is 293 g/mol. The van der Waals surface area contributed by atoms with Gasteiger partial charge in [0.1, 0.15) is 5.60 Å². The Morgan fingerprint density at radius 2 is 2.05 bits per heavy atom. The van der Waals surface area contributed by atoms with Gasteiger partial charge in [-0.3, -0.25) is 0 Å². The normalized spacial score (nSPS) is 12.7. The zero-order valence-corrected chi connectivity index (χ0v) is 13.6. The first-order chi connectivity index (χ1) is 9.73. The highest BCUT2D eigenvalue weighted by Crippen LogP contribution is 2.20. The van der Waals surface area contributed by atoms with Crippen LogP contribution >= 0.6 is 0 Å². The molecule has 0 spiro atoms. The van der Waals surface area contributed by atoms with Crippen molar-refractivity contribution in [3.8, 4) is 0 Å². The van der Waals surface area contributed by atoms with E-state index in [0.717, 1.165) is 11.3 Å². The van der Waals surface area contributed by atoms with E-state index >= 15 is 0 Å². The highest BCUT2D eigenvalue weighted by Gasteiger charge is 2.18. The molecule has 0 aliphatic rings. The van der Waals surface area contributed by atoms with Gasteiger partial charge in [-0.25, -0.2) is 4.79 Å². The van der Waals surface area contributed by atoms with Crippen LogP contribution in [-0.2, 0) is 4.74 Å². The molecule has 0 bridgehead atoms. The maximum absolute atomic E-state index is 11.7. The van der Waals surface area contributed by atoms with Gasteiger partial charge in [0.15, 0.2) is 0 Å². The first kappa shape index (κ1) is 17.3. The number of carbonyl (C=O) groups is 1. The zero-order valence-electron chi connectivity index (χ0n) is 13.6. The second kappa shape index (κ2) is 7.31. The molecule has 0 fully saturated rings. The first-order valence-electron chi connectivity index (χ1n) is 7.17. The fourth-order valence-electron chi connectivity index (χ4n) is 1.91. The van der Waals surface area contributed by atoms with E-state index in [1.165, 1.54) is 0 Å². The highest BCUT2D eigenvalue weighted by atomic mass is 16.6. The molecule has 5 nitrogen and oxygen atoms in total. The quantitative estimate of drug-likeness (QED) is 0.874. The number of nitrogens with one attached hydrogen (secondary N) is 1. The lowest BCUT2D eigenvalue weighted by atomic mass is 9.98. The Kier molecular flexibility index (Phi) is 6.03. The molecule has 0 saturated heterocycles. The van der Waals surface area contributed by atoms with Crippen molar-refractivity contribution in [2.75, 3.05) is 32.1 Å². The minimum atomic E-state index is -0.493. The molecule has 1 unspecified atom stereocenters. The summed E-state index contributed by atoms with van der Waals surface area (Å²) in [6.45, 7) is 6.45. The van der Waals surface area contributed by atoms with Crippen molar-refractivity contribution in [3.63, 3.8) is 0 Å². The molecule has 21 heavy (non-hydrogen) atoms. The summed E-state index contributed by atoms with van der Waals surface area (Å²) >= 11 is 0. The number of carbonyl (C=O) groups excluding carboxylic acids is 1. The van der Waals surface area contributed by atoms with Crippen LogP contribution in [0.5, 0.6) is 0 Å². The van der Waals surface area contributed by atoms with Crippen LogP contribution in [0.3, 0.4) is 0 Å². The second-order valence-electron chi connectivity index (χ2n) is 6.30. The molecule has 1 atom stereocenters. The van der Waals surface area contributed by atoms with E-state index in [1.807, 2.05) is 58.0 Å². The van der Waals surface area contributed by atoms with Crippen molar-refractivity contribution in [1.82, 2.24) is 5.32 Å². The number of ether oxygens (including phenoxy) is 1. The third kappa shape index (κ3) is 6.04. The molecule has 1 rings (SSSR count). The van der Waals surface area contributed by atoms with Crippen LogP contribution in [0.15, 0.2) is 24.3 Å². The van der Waals surface area contributed by atoms with Crippen LogP contribution in [0.1, 0.15) is 32.3 Å². The van der Waals surface area contributed by atoms with Gasteiger partial charge < -0.3 is 20.7 Å². The number of hydrogen-bond acceptors (Lipinski definition) is 4. The Hall–Kier alpha value is -1.75. The van der Waals surface area contributed by atoms with Crippen molar-refractivity contribution in [2.24, 2.45) is 5.73 Å². The summed E-state index contributed by atoms with van der Waals surface area (Å²) in [5.74, 6) is 0.0671. The molecule has 1 aromatic rings. The zero-order chi connectivity index (χ0) is 16.0. The summed E-state index contributed by atoms with van der Waals surface area (Å²) in [5.41, 5.74) is 7.57. The van der Waals surface area contributed by atoms with Gasteiger partial charge in [-0.2, -0.15) is 0 Å². The van der Waals surface area contributed by atoms with Crippen molar-refractivity contribution >= 4 is 11.8 Å². The number of benzene rings is 1. The van der Waals surface area contributed by atoms with Crippen LogP contribution in [0, 0.1) is 0 Å². The van der Waals surface area contributed by atoms with Crippen LogP contribution in [-0.4, -0.2) is 38.9 Å². The van der Waals surface area contributed by atoms with Gasteiger partial charge in [-0.15, -0.1) is 0 Å². The van der Waals surface area contributed by atoms with Crippen LogP contribution < -0.4 is 16.0 Å². The summed E-state index contributed by atoms with van der Waals surface area (Å²) in [4.78, 5) is 13.7. The third-order valence-electron chi connectivity index (χ3n) is 3.03. The minimum absolute atomic E-state index is 0.0671. The van der Waals surface area contributed by atoms with Crippen molar-refractivity contribution < 1.29 is 9.53 Å². The number of alkyl carbamates (subject to hydrolysis) is 1. The van der Waals surface area contributed by atoms with Crippen molar-refractivity contribution in [3.05, 3.63) is 29.8 Å². The molecular weight excluding hydrogens is 266 g/mol. The molecule has 3 N–H and O–H groups in total. The summed E-state index contributed by atoms with van der Waals surface area (Å²) in [5, 5.41) is 2.78. The maximum Gasteiger partial charge on any atom is 0.407 e. The van der Waals surface area contributed by atoms with E-state index in [9.17, 15) is 4.79 Å². The van der Waals surface area contributed by atoms with Gasteiger partial charge in [-0.05, 0) is 38.5 Å². The van der Waals surface area contributed by atoms with E-state index in [4.69, 9.17) is 10.5 Å². The molecule has 5 heteroatoms. The largest absolute Gasteiger partial charge is 0.444 e. The standard InChI is InChI=1S/C16H27N3O2/c1-16(2,3)21-15(20)18-11-13(10-17)12-7-6-8-14(9-12)19(4)5/h6-9,13H,10-11,17H2,1-5H3,(H,18,20). The first-order valence-corrected chi connectivity index (χ1v) is 7.17. The third-order valence-corrected chi connectivity index (χ3v) is 3.03. The van der Waals surface area contributed by atoms with Gasteiger partial charge in [-0.1, -0.05) is 12.1 Å². The summed E-state index contributed by atoms with van der Waals surface area (Å²) in [6.07, 6.45) is -0.412. The predicted molar refractivity (Wildman–Crippen MR) is 86.8 cm³/mol. The summed E-state index contributed by atoms with van der Waals surface area (Å²) < 4.78 is 5.23. The lowest BCUT2D eigenvalue weighted by Crippen LogP contribution is -2.36. The number of hydrogen-bond donors (Lipinski definition) is 2. The van der Waals surface area contributed by atoms with Gasteiger partial charge in [0.2, 0.25) is 0 Å². The molecule has 1 aromatic carbocycles. The van der Waals surface area contributed by atoms with E-state index in [0.29, 0.717) is 13.1 Å². The van der Waals surface area contributed by atoms with Crippen LogP contribution in [0.4, 0.5) is 10.5 Å². The Bertz CT molecular complexity index is 467. The lowest BCUT2D eigenvalue weighted by Gasteiger charge is -2.22. The number of amides is 1. The SMILES string of the molecule is CN(C)c1cccc(C(CN)CNC(=O)OC(C)(C)C)c1. The molecule has 0 saturated carbocycles. The average molecular weight is 293 g/mol. The Balaban J connectivity index is 2.67. The Labute approximate surface area is 127 Å². The van der Waals surface area contributed by atoms with E-state index in [1.54, 1.807) is 0 Å². The van der Waals surface area contributed by atoms with Crippen LogP contribution in [0.25, 0.3) is 0 Å². The van der Waals surface area contributed by atoms with Crippen molar-refractivity contribution in [2.45, 2.75) is 32.3 Å². The molecule has 0 heterocycles. The van der Waals surface area contributed by atoms with Crippen molar-refractivity contribution in [1.29, 1.82) is 0 Å². The number of rotatable bonds is 5. The number of nitrogens with two attached hydrogens (primary N) is 1. The van der Waals surface area contributed by atoms with Gasteiger partial charge in [0.05, 0.1) is 0 Å². The second-order valence-corrected chi connectivity index (χ2v) is 6.30. The smallest absolute Gasteiger partial charge is 0.407 e. The number of anilines is 1. The predicted octanol–water partition coefficient (Wildman–Crippen LogP) is 2.32. The lowest BCUT2D eigenvalue weighted by molar-refractivity contribution is 0.0525. The molecule has 0 radical (unpaired) electrons. The fraction of sp³-hybridized carbons (Fsp3) is 0.562. The minimum Gasteiger partial charge on any atom is -0.444 e. The molecule has 1 amide bonds. The molecule has 0 aliphatic carbocycles. The molecule has 0 aromatic heterocycles. The number of nitrogens with zero attached hydrogens (tertiary/aromatic N) is 1. The Morgan fingerprint density at radius 1 is 1.38 bits per heavy atom. The maximum atomic E-state index is 11.7. The van der Waals surface area contributed by atoms with E-state index < -0.39 is 11.7 Å². The summed E-state index contributed by atoms with van der Waals surface area (Å²) in [6, 6.07) is 8.16. The van der Waals surface area contributed by atoms with E-state index in [2.05, 4.69) is 11.4 Å². The molecule has 118 valence electrons. The topological polar surface area (TPSA) is 67.6 Å². The van der Waals surface area contributed by atoms with Gasteiger partial charge >= 0.3 is 6.09 Å². The van der Waals surface area contributed by atoms with Gasteiger partial charge in [0.25, 0.3) is 0 Å².